The van der Waals surface area contributed by atoms with Gasteiger partial charge in [-0.05, 0) is 79.6 Å². The third-order valence-electron chi connectivity index (χ3n) is 4.79. The molecule has 0 unspecified atom stereocenters. The van der Waals surface area contributed by atoms with Gasteiger partial charge in [-0.2, -0.15) is 0 Å². The molecular weight excluding hydrogens is 394 g/mol. The fourth-order valence-corrected chi connectivity index (χ4v) is 2.94. The highest BCUT2D eigenvalue weighted by molar-refractivity contribution is 6.05. The second-order valence-corrected chi connectivity index (χ2v) is 7.30. The first-order valence-corrected chi connectivity index (χ1v) is 9.88. The Hall–Kier alpha value is -4.13. The minimum absolute atomic E-state index is 0.135. The molecule has 1 saturated carbocycles. The summed E-state index contributed by atoms with van der Waals surface area (Å²) in [7, 11) is 0. The Labute approximate surface area is 179 Å². The zero-order chi connectivity index (χ0) is 21.8. The summed E-state index contributed by atoms with van der Waals surface area (Å²) in [5.74, 6) is 0.155. The number of primary amides is 1. The summed E-state index contributed by atoms with van der Waals surface area (Å²) in [5, 5.41) is 5.73. The summed E-state index contributed by atoms with van der Waals surface area (Å²) in [4.78, 5) is 35.9. The summed E-state index contributed by atoms with van der Waals surface area (Å²) in [5.41, 5.74) is 7.12. The Morgan fingerprint density at radius 3 is 1.97 bits per heavy atom. The fraction of sp³-hybridized carbons (Fsp3) is 0.125. The first-order valence-electron chi connectivity index (χ1n) is 9.88. The van der Waals surface area contributed by atoms with Crippen LogP contribution in [0, 0.1) is 0 Å². The average Bonchev–Trinajstić information content (AvgIpc) is 3.59. The first-order chi connectivity index (χ1) is 15.0. The second kappa shape index (κ2) is 8.71. The summed E-state index contributed by atoms with van der Waals surface area (Å²) in [6.07, 6.45) is 2.03. The van der Waals surface area contributed by atoms with Gasteiger partial charge in [-0.1, -0.05) is 6.07 Å². The number of hydrogen-bond acceptors (Lipinski definition) is 4. The molecule has 4 N–H and O–H groups in total. The van der Waals surface area contributed by atoms with E-state index in [9.17, 15) is 14.4 Å². The van der Waals surface area contributed by atoms with Gasteiger partial charge in [-0.15, -0.1) is 0 Å². The highest BCUT2D eigenvalue weighted by Crippen LogP contribution is 2.23. The standard InChI is InChI=1S/C24H21N3O4/c25-22(28)15-4-10-20(11-5-15)31-21-12-6-16(7-13-21)23(29)27-19-3-1-2-17(14-19)24(30)26-18-8-9-18/h1-7,10-14,18H,8-9H2,(H2,25,28)(H,26,30)(H,27,29). The van der Waals surface area contributed by atoms with E-state index >= 15 is 0 Å². The minimum atomic E-state index is -0.504. The van der Waals surface area contributed by atoms with Gasteiger partial charge in [0.25, 0.3) is 11.8 Å². The molecule has 4 rings (SSSR count). The van der Waals surface area contributed by atoms with Crippen LogP contribution >= 0.6 is 0 Å². The van der Waals surface area contributed by atoms with Gasteiger partial charge in [0.05, 0.1) is 0 Å². The molecule has 0 aromatic heterocycles. The van der Waals surface area contributed by atoms with Crippen molar-refractivity contribution in [2.24, 2.45) is 5.73 Å². The van der Waals surface area contributed by atoms with Crippen molar-refractivity contribution in [3.05, 3.63) is 89.5 Å². The second-order valence-electron chi connectivity index (χ2n) is 7.30. The van der Waals surface area contributed by atoms with Crippen molar-refractivity contribution in [3.63, 3.8) is 0 Å². The predicted molar refractivity (Wildman–Crippen MR) is 116 cm³/mol. The lowest BCUT2D eigenvalue weighted by molar-refractivity contribution is 0.0948. The Kier molecular flexibility index (Phi) is 5.66. The van der Waals surface area contributed by atoms with Gasteiger partial charge in [-0.25, -0.2) is 0 Å². The van der Waals surface area contributed by atoms with Crippen molar-refractivity contribution in [1.29, 1.82) is 0 Å². The fourth-order valence-electron chi connectivity index (χ4n) is 2.94. The maximum absolute atomic E-state index is 12.6. The van der Waals surface area contributed by atoms with E-state index in [2.05, 4.69) is 10.6 Å². The van der Waals surface area contributed by atoms with Crippen LogP contribution in [0.1, 0.15) is 43.9 Å². The number of nitrogens with two attached hydrogens (primary N) is 1. The van der Waals surface area contributed by atoms with Crippen LogP contribution < -0.4 is 21.1 Å². The Balaban J connectivity index is 1.38. The molecule has 7 nitrogen and oxygen atoms in total. The number of benzene rings is 3. The maximum Gasteiger partial charge on any atom is 0.255 e. The van der Waals surface area contributed by atoms with Crippen molar-refractivity contribution in [2.75, 3.05) is 5.32 Å². The Bertz CT molecular complexity index is 1120. The zero-order valence-corrected chi connectivity index (χ0v) is 16.6. The third-order valence-corrected chi connectivity index (χ3v) is 4.79. The number of nitrogens with one attached hydrogen (secondary N) is 2. The van der Waals surface area contributed by atoms with Gasteiger partial charge in [-0.3, -0.25) is 14.4 Å². The van der Waals surface area contributed by atoms with E-state index in [0.29, 0.717) is 33.9 Å². The quantitative estimate of drug-likeness (QED) is 0.546. The van der Waals surface area contributed by atoms with Gasteiger partial charge in [0.1, 0.15) is 11.5 Å². The van der Waals surface area contributed by atoms with Crippen molar-refractivity contribution in [2.45, 2.75) is 18.9 Å². The SMILES string of the molecule is NC(=O)c1ccc(Oc2ccc(C(=O)Nc3cccc(C(=O)NC4CC4)c3)cc2)cc1. The lowest BCUT2D eigenvalue weighted by Gasteiger charge is -2.09. The van der Waals surface area contributed by atoms with E-state index < -0.39 is 5.91 Å². The van der Waals surface area contributed by atoms with Gasteiger partial charge in [0.2, 0.25) is 5.91 Å². The number of anilines is 1. The van der Waals surface area contributed by atoms with Crippen LogP contribution in [0.25, 0.3) is 0 Å². The molecule has 0 heterocycles. The molecular formula is C24H21N3O4. The molecule has 156 valence electrons. The predicted octanol–water partition coefficient (Wildman–Crippen LogP) is 3.72. The third kappa shape index (κ3) is 5.27. The average molecular weight is 415 g/mol. The van der Waals surface area contributed by atoms with Crippen molar-refractivity contribution in [1.82, 2.24) is 5.32 Å². The number of rotatable bonds is 7. The largest absolute Gasteiger partial charge is 0.457 e. The highest BCUT2D eigenvalue weighted by Gasteiger charge is 2.23. The molecule has 31 heavy (non-hydrogen) atoms. The molecule has 0 bridgehead atoms. The molecule has 3 amide bonds. The van der Waals surface area contributed by atoms with Crippen molar-refractivity contribution >= 4 is 23.4 Å². The van der Waals surface area contributed by atoms with Crippen molar-refractivity contribution < 1.29 is 19.1 Å². The van der Waals surface area contributed by atoms with Gasteiger partial charge in [0, 0.05) is 28.4 Å². The summed E-state index contributed by atoms with van der Waals surface area (Å²) in [6, 6.07) is 20.2. The van der Waals surface area contributed by atoms with E-state index in [1.807, 2.05) is 0 Å². The van der Waals surface area contributed by atoms with Crippen molar-refractivity contribution in [3.8, 4) is 11.5 Å². The van der Waals surface area contributed by atoms with Crippen LogP contribution in [0.3, 0.4) is 0 Å². The minimum Gasteiger partial charge on any atom is -0.457 e. The number of amides is 3. The summed E-state index contributed by atoms with van der Waals surface area (Å²) in [6.45, 7) is 0. The van der Waals surface area contributed by atoms with Crippen LogP contribution in [0.15, 0.2) is 72.8 Å². The topological polar surface area (TPSA) is 111 Å². The summed E-state index contributed by atoms with van der Waals surface area (Å²) < 4.78 is 5.72. The molecule has 0 atom stereocenters. The van der Waals surface area contributed by atoms with Crippen LogP contribution in [0.2, 0.25) is 0 Å². The molecule has 0 aliphatic heterocycles. The summed E-state index contributed by atoms with van der Waals surface area (Å²) >= 11 is 0. The molecule has 1 fully saturated rings. The van der Waals surface area contributed by atoms with Crippen LogP contribution in [0.5, 0.6) is 11.5 Å². The Morgan fingerprint density at radius 2 is 1.39 bits per heavy atom. The molecule has 0 radical (unpaired) electrons. The number of carbonyl (C=O) groups excluding carboxylic acids is 3. The van der Waals surface area contributed by atoms with E-state index in [0.717, 1.165) is 12.8 Å². The lowest BCUT2D eigenvalue weighted by atomic mass is 10.1. The van der Waals surface area contributed by atoms with Crippen LogP contribution in [-0.2, 0) is 0 Å². The van der Waals surface area contributed by atoms with Gasteiger partial charge < -0.3 is 21.1 Å². The number of carbonyl (C=O) groups is 3. The van der Waals surface area contributed by atoms with E-state index in [4.69, 9.17) is 10.5 Å². The molecule has 3 aromatic carbocycles. The first kappa shape index (κ1) is 20.2. The molecule has 7 heteroatoms. The monoisotopic (exact) mass is 415 g/mol. The van der Waals surface area contributed by atoms with Gasteiger partial charge >= 0.3 is 0 Å². The van der Waals surface area contributed by atoms with Crippen LogP contribution in [-0.4, -0.2) is 23.8 Å². The molecule has 1 aliphatic carbocycles. The van der Waals surface area contributed by atoms with Crippen LogP contribution in [0.4, 0.5) is 5.69 Å². The van der Waals surface area contributed by atoms with E-state index in [1.54, 1.807) is 72.8 Å². The number of hydrogen-bond donors (Lipinski definition) is 3. The van der Waals surface area contributed by atoms with E-state index in [-0.39, 0.29) is 17.9 Å². The normalized spacial score (nSPS) is 12.6. The highest BCUT2D eigenvalue weighted by atomic mass is 16.5. The molecule has 1 aliphatic rings. The van der Waals surface area contributed by atoms with Gasteiger partial charge in [0.15, 0.2) is 0 Å². The Morgan fingerprint density at radius 1 is 0.774 bits per heavy atom. The van der Waals surface area contributed by atoms with E-state index in [1.165, 1.54) is 0 Å². The molecule has 0 spiro atoms. The number of ether oxygens (including phenoxy) is 1. The zero-order valence-electron chi connectivity index (χ0n) is 16.6. The molecule has 0 saturated heterocycles. The molecule has 3 aromatic rings. The maximum atomic E-state index is 12.6. The lowest BCUT2D eigenvalue weighted by Crippen LogP contribution is -2.25. The smallest absolute Gasteiger partial charge is 0.255 e.